The molecule has 1 aromatic rings. The number of carbonyl (C=O) groups excluding carboxylic acids is 1. The van der Waals surface area contributed by atoms with Gasteiger partial charge >= 0.3 is 0 Å². The van der Waals surface area contributed by atoms with E-state index in [0.29, 0.717) is 6.04 Å². The van der Waals surface area contributed by atoms with Gasteiger partial charge in [-0.2, -0.15) is 0 Å². The fraction of sp³-hybridized carbons (Fsp3) is 0.455. The molecule has 0 aliphatic carbocycles. The Labute approximate surface area is 89.1 Å². The molecule has 1 aliphatic rings. The van der Waals surface area contributed by atoms with Gasteiger partial charge in [-0.1, -0.05) is 0 Å². The van der Waals surface area contributed by atoms with E-state index in [9.17, 15) is 4.79 Å². The molecular formula is C11H15N3O. The minimum Gasteiger partial charge on any atom is -0.368 e. The van der Waals surface area contributed by atoms with Crippen molar-refractivity contribution in [2.75, 3.05) is 0 Å². The molecule has 4 heteroatoms. The monoisotopic (exact) mass is 205 g/mol. The first-order valence-electron chi connectivity index (χ1n) is 5.09. The Bertz CT molecular complexity index is 389. The molecule has 1 aromatic heterocycles. The average molecular weight is 205 g/mol. The molecule has 0 saturated carbocycles. The number of hydrogen-bond donors (Lipinski definition) is 1. The summed E-state index contributed by atoms with van der Waals surface area (Å²) in [6.07, 6.45) is 3.52. The molecule has 15 heavy (non-hydrogen) atoms. The van der Waals surface area contributed by atoms with Gasteiger partial charge in [-0.15, -0.1) is 0 Å². The Morgan fingerprint density at radius 2 is 2.40 bits per heavy atom. The van der Waals surface area contributed by atoms with Gasteiger partial charge < -0.3 is 5.73 Å². The van der Waals surface area contributed by atoms with Crippen LogP contribution in [0.4, 0.5) is 0 Å². The smallest absolute Gasteiger partial charge is 0.239 e. The van der Waals surface area contributed by atoms with Gasteiger partial charge in [-0.05, 0) is 31.0 Å². The van der Waals surface area contributed by atoms with Gasteiger partial charge in [0.25, 0.3) is 0 Å². The van der Waals surface area contributed by atoms with Crippen molar-refractivity contribution in [3.8, 4) is 0 Å². The zero-order chi connectivity index (χ0) is 11.0. The third kappa shape index (κ3) is 1.61. The summed E-state index contributed by atoms with van der Waals surface area (Å²) in [5, 5.41) is 0. The normalized spacial score (nSPS) is 20.6. The molecule has 0 spiro atoms. The first-order valence-corrected chi connectivity index (χ1v) is 5.09. The number of carbonyl (C=O) groups is 1. The van der Waals surface area contributed by atoms with Crippen LogP contribution in [-0.4, -0.2) is 21.8 Å². The van der Waals surface area contributed by atoms with E-state index in [2.05, 4.69) is 23.7 Å². The van der Waals surface area contributed by atoms with Crippen LogP contribution < -0.4 is 5.73 Å². The van der Waals surface area contributed by atoms with Crippen LogP contribution in [-0.2, 0) is 11.3 Å². The Hall–Kier alpha value is -1.42. The zero-order valence-corrected chi connectivity index (χ0v) is 8.97. The van der Waals surface area contributed by atoms with Crippen LogP contribution in [0.2, 0.25) is 0 Å². The second-order valence-corrected chi connectivity index (χ2v) is 4.15. The number of hydrogen-bond acceptors (Lipinski definition) is 3. The number of nitrogens with two attached hydrogens (primary N) is 1. The first-order chi connectivity index (χ1) is 7.11. The van der Waals surface area contributed by atoms with Crippen LogP contribution in [0.1, 0.15) is 31.0 Å². The summed E-state index contributed by atoms with van der Waals surface area (Å²) >= 11 is 0. The minimum atomic E-state index is -0.289. The molecule has 0 fully saturated rings. The third-order valence-corrected chi connectivity index (χ3v) is 2.85. The van der Waals surface area contributed by atoms with Crippen LogP contribution in [0.3, 0.4) is 0 Å². The van der Waals surface area contributed by atoms with Crippen molar-refractivity contribution in [1.82, 2.24) is 9.88 Å². The molecule has 0 saturated heterocycles. The van der Waals surface area contributed by atoms with E-state index < -0.39 is 0 Å². The molecule has 4 nitrogen and oxygen atoms in total. The largest absolute Gasteiger partial charge is 0.368 e. The predicted octanol–water partition coefficient (Wildman–Crippen LogP) is 0.832. The van der Waals surface area contributed by atoms with E-state index in [0.717, 1.165) is 17.7 Å². The highest BCUT2D eigenvalue weighted by Gasteiger charge is 2.35. The molecule has 80 valence electrons. The van der Waals surface area contributed by atoms with Gasteiger partial charge in [0.1, 0.15) is 6.04 Å². The Morgan fingerprint density at radius 3 is 3.00 bits per heavy atom. The van der Waals surface area contributed by atoms with Crippen LogP contribution in [0.25, 0.3) is 0 Å². The van der Waals surface area contributed by atoms with Crippen LogP contribution in [0.15, 0.2) is 18.5 Å². The summed E-state index contributed by atoms with van der Waals surface area (Å²) < 4.78 is 0. The minimum absolute atomic E-state index is 0.284. The molecule has 0 aromatic carbocycles. The van der Waals surface area contributed by atoms with E-state index in [1.165, 1.54) is 0 Å². The summed E-state index contributed by atoms with van der Waals surface area (Å²) in [6, 6.07) is 1.89. The topological polar surface area (TPSA) is 59.2 Å². The summed E-state index contributed by atoms with van der Waals surface area (Å²) in [6.45, 7) is 4.89. The van der Waals surface area contributed by atoms with Gasteiger partial charge in [-0.25, -0.2) is 0 Å². The molecule has 1 atom stereocenters. The fourth-order valence-corrected chi connectivity index (χ4v) is 2.10. The van der Waals surface area contributed by atoms with E-state index in [1.807, 2.05) is 12.3 Å². The molecular weight excluding hydrogens is 190 g/mol. The van der Waals surface area contributed by atoms with Gasteiger partial charge in [0.05, 0.1) is 0 Å². The quantitative estimate of drug-likeness (QED) is 0.778. The van der Waals surface area contributed by atoms with Gasteiger partial charge in [0.2, 0.25) is 5.91 Å². The van der Waals surface area contributed by atoms with Crippen molar-refractivity contribution < 1.29 is 4.79 Å². The average Bonchev–Trinajstić information content (AvgIpc) is 2.56. The molecule has 1 aliphatic heterocycles. The summed E-state index contributed by atoms with van der Waals surface area (Å²) in [5.41, 5.74) is 7.55. The van der Waals surface area contributed by atoms with E-state index in [1.54, 1.807) is 6.20 Å². The molecule has 2 rings (SSSR count). The van der Waals surface area contributed by atoms with E-state index in [-0.39, 0.29) is 11.9 Å². The molecule has 2 heterocycles. The van der Waals surface area contributed by atoms with Gasteiger partial charge in [0.15, 0.2) is 0 Å². The summed E-state index contributed by atoms with van der Waals surface area (Å²) in [4.78, 5) is 17.6. The third-order valence-electron chi connectivity index (χ3n) is 2.85. The predicted molar refractivity (Wildman–Crippen MR) is 56.9 cm³/mol. The lowest BCUT2D eigenvalue weighted by atomic mass is 10.1. The maximum absolute atomic E-state index is 11.4. The maximum Gasteiger partial charge on any atom is 0.239 e. The Balaban J connectivity index is 2.42. The Morgan fingerprint density at radius 1 is 1.67 bits per heavy atom. The van der Waals surface area contributed by atoms with Crippen molar-refractivity contribution >= 4 is 5.91 Å². The van der Waals surface area contributed by atoms with E-state index in [4.69, 9.17) is 5.73 Å². The molecule has 2 N–H and O–H groups in total. The van der Waals surface area contributed by atoms with Crippen LogP contribution in [0.5, 0.6) is 0 Å². The SMILES string of the molecule is CC(C)N1Cc2cnccc2C1C(N)=O. The second-order valence-electron chi connectivity index (χ2n) is 4.15. The van der Waals surface area contributed by atoms with Crippen molar-refractivity contribution in [3.05, 3.63) is 29.6 Å². The highest BCUT2D eigenvalue weighted by Crippen LogP contribution is 2.34. The standard InChI is InChI=1S/C11H15N3O/c1-7(2)14-6-8-5-13-4-3-9(8)10(14)11(12)15/h3-5,7,10H,6H2,1-2H3,(H2,12,15). The zero-order valence-electron chi connectivity index (χ0n) is 8.97. The Kier molecular flexibility index (Phi) is 2.44. The number of primary amides is 1. The number of pyridine rings is 1. The number of aromatic nitrogens is 1. The van der Waals surface area contributed by atoms with Crippen LogP contribution >= 0.6 is 0 Å². The second kappa shape index (κ2) is 3.62. The van der Waals surface area contributed by atoms with Crippen molar-refractivity contribution in [3.63, 3.8) is 0 Å². The fourth-order valence-electron chi connectivity index (χ4n) is 2.10. The molecule has 1 unspecified atom stereocenters. The molecule has 0 bridgehead atoms. The van der Waals surface area contributed by atoms with Crippen molar-refractivity contribution in [2.24, 2.45) is 5.73 Å². The number of rotatable bonds is 2. The number of fused-ring (bicyclic) bond motifs is 1. The number of nitrogens with zero attached hydrogens (tertiary/aromatic N) is 2. The maximum atomic E-state index is 11.4. The van der Waals surface area contributed by atoms with Crippen molar-refractivity contribution in [2.45, 2.75) is 32.5 Å². The molecule has 1 amide bonds. The van der Waals surface area contributed by atoms with Crippen LogP contribution in [0, 0.1) is 0 Å². The highest BCUT2D eigenvalue weighted by atomic mass is 16.1. The van der Waals surface area contributed by atoms with Gasteiger partial charge in [0, 0.05) is 25.0 Å². The van der Waals surface area contributed by atoms with Gasteiger partial charge in [-0.3, -0.25) is 14.7 Å². The highest BCUT2D eigenvalue weighted by molar-refractivity contribution is 5.82. The van der Waals surface area contributed by atoms with E-state index >= 15 is 0 Å². The lowest BCUT2D eigenvalue weighted by Crippen LogP contribution is -2.37. The summed E-state index contributed by atoms with van der Waals surface area (Å²) in [5.74, 6) is -0.284. The molecule has 0 radical (unpaired) electrons. The van der Waals surface area contributed by atoms with Crippen molar-refractivity contribution in [1.29, 1.82) is 0 Å². The first kappa shape index (κ1) is 10.1. The lowest BCUT2D eigenvalue weighted by molar-refractivity contribution is -0.123. The lowest BCUT2D eigenvalue weighted by Gasteiger charge is -2.26. The number of amides is 1. The summed E-state index contributed by atoms with van der Waals surface area (Å²) in [7, 11) is 0.